The molecule has 3 N–H and O–H groups in total. The molecule has 0 amide bonds. The number of aliphatic hydroxyl groups excluding tert-OH is 1. The van der Waals surface area contributed by atoms with Gasteiger partial charge in [-0.05, 0) is 19.3 Å². The molecule has 4 heteroatoms. The number of hydrogen-bond acceptors (Lipinski definition) is 3. The van der Waals surface area contributed by atoms with Crippen molar-refractivity contribution in [2.75, 3.05) is 6.61 Å². The predicted molar refractivity (Wildman–Crippen MR) is 40.8 cm³/mol. The molecule has 0 fully saturated rings. The van der Waals surface area contributed by atoms with Crippen LogP contribution in [0.1, 0.15) is 19.3 Å². The molecular weight excluding hydrogens is 146 g/mol. The van der Waals surface area contributed by atoms with Gasteiger partial charge in [0.15, 0.2) is 0 Å². The van der Waals surface area contributed by atoms with E-state index in [-0.39, 0.29) is 6.61 Å². The standard InChI is InChI=1S/C7H13NO3/c8-5-6(7(10)11)3-1-2-4-9/h5-6,8-9H,1-4H2,(H,10,11). The minimum absolute atomic E-state index is 0.0876. The molecule has 0 heterocycles. The van der Waals surface area contributed by atoms with E-state index in [4.69, 9.17) is 15.6 Å². The summed E-state index contributed by atoms with van der Waals surface area (Å²) in [6.45, 7) is 0.0876. The van der Waals surface area contributed by atoms with Gasteiger partial charge in [-0.1, -0.05) is 0 Å². The Hall–Kier alpha value is -0.900. The smallest absolute Gasteiger partial charge is 0.311 e. The highest BCUT2D eigenvalue weighted by molar-refractivity contribution is 5.87. The van der Waals surface area contributed by atoms with Crippen LogP contribution in [0.25, 0.3) is 0 Å². The molecule has 0 saturated heterocycles. The van der Waals surface area contributed by atoms with Gasteiger partial charge in [0, 0.05) is 12.8 Å². The van der Waals surface area contributed by atoms with Crippen molar-refractivity contribution < 1.29 is 15.0 Å². The van der Waals surface area contributed by atoms with Crippen LogP contribution in [0, 0.1) is 11.3 Å². The van der Waals surface area contributed by atoms with Gasteiger partial charge in [0.1, 0.15) is 0 Å². The van der Waals surface area contributed by atoms with E-state index in [1.54, 1.807) is 0 Å². The second-order valence-electron chi connectivity index (χ2n) is 2.33. The number of carboxylic acid groups (broad SMARTS) is 1. The lowest BCUT2D eigenvalue weighted by atomic mass is 10.0. The maximum atomic E-state index is 10.3. The van der Waals surface area contributed by atoms with Crippen molar-refractivity contribution in [2.24, 2.45) is 5.92 Å². The van der Waals surface area contributed by atoms with Crippen molar-refractivity contribution in [3.63, 3.8) is 0 Å². The van der Waals surface area contributed by atoms with Gasteiger partial charge in [0.25, 0.3) is 0 Å². The molecule has 64 valence electrons. The van der Waals surface area contributed by atoms with Gasteiger partial charge in [0.05, 0.1) is 5.92 Å². The largest absolute Gasteiger partial charge is 0.481 e. The summed E-state index contributed by atoms with van der Waals surface area (Å²) in [7, 11) is 0. The molecule has 4 nitrogen and oxygen atoms in total. The highest BCUT2D eigenvalue weighted by atomic mass is 16.4. The van der Waals surface area contributed by atoms with E-state index in [0.717, 1.165) is 6.21 Å². The SMILES string of the molecule is N=CC(CCCCO)C(=O)O. The minimum atomic E-state index is -0.960. The Morgan fingerprint density at radius 1 is 1.55 bits per heavy atom. The van der Waals surface area contributed by atoms with E-state index in [2.05, 4.69) is 0 Å². The van der Waals surface area contributed by atoms with E-state index in [0.29, 0.717) is 19.3 Å². The number of aliphatic hydroxyl groups is 1. The molecule has 1 unspecified atom stereocenters. The quantitative estimate of drug-likeness (QED) is 0.390. The third-order valence-corrected chi connectivity index (χ3v) is 1.44. The Morgan fingerprint density at radius 3 is 2.55 bits per heavy atom. The third-order valence-electron chi connectivity index (χ3n) is 1.44. The highest BCUT2D eigenvalue weighted by Gasteiger charge is 2.12. The lowest BCUT2D eigenvalue weighted by molar-refractivity contribution is -0.139. The molecule has 0 aliphatic rings. The van der Waals surface area contributed by atoms with Gasteiger partial charge in [0.2, 0.25) is 0 Å². The fraction of sp³-hybridized carbons (Fsp3) is 0.714. The third kappa shape index (κ3) is 4.50. The van der Waals surface area contributed by atoms with E-state index in [1.807, 2.05) is 0 Å². The first kappa shape index (κ1) is 10.1. The van der Waals surface area contributed by atoms with Crippen molar-refractivity contribution in [2.45, 2.75) is 19.3 Å². The molecule has 0 aliphatic heterocycles. The molecule has 0 aromatic rings. The minimum Gasteiger partial charge on any atom is -0.481 e. The normalized spacial score (nSPS) is 12.5. The van der Waals surface area contributed by atoms with Crippen molar-refractivity contribution in [3.8, 4) is 0 Å². The second kappa shape index (κ2) is 5.85. The van der Waals surface area contributed by atoms with Gasteiger partial charge in [-0.3, -0.25) is 4.79 Å². The van der Waals surface area contributed by atoms with Gasteiger partial charge in [-0.15, -0.1) is 0 Å². The molecule has 0 radical (unpaired) electrons. The molecule has 0 saturated carbocycles. The van der Waals surface area contributed by atoms with Crippen LogP contribution in [0.2, 0.25) is 0 Å². The van der Waals surface area contributed by atoms with Crippen molar-refractivity contribution in [1.29, 1.82) is 5.41 Å². The zero-order valence-corrected chi connectivity index (χ0v) is 6.29. The number of nitrogens with one attached hydrogen (secondary N) is 1. The average molecular weight is 159 g/mol. The highest BCUT2D eigenvalue weighted by Crippen LogP contribution is 2.05. The summed E-state index contributed by atoms with van der Waals surface area (Å²) in [6, 6.07) is 0. The fourth-order valence-corrected chi connectivity index (χ4v) is 0.754. The molecule has 1 atom stereocenters. The Labute approximate surface area is 65.4 Å². The van der Waals surface area contributed by atoms with Crippen molar-refractivity contribution in [3.05, 3.63) is 0 Å². The molecule has 0 rings (SSSR count). The number of hydrogen-bond donors (Lipinski definition) is 3. The van der Waals surface area contributed by atoms with Crippen LogP contribution in [0.4, 0.5) is 0 Å². The zero-order valence-electron chi connectivity index (χ0n) is 6.29. The average Bonchev–Trinajstić information content (AvgIpc) is 1.97. The first-order valence-electron chi connectivity index (χ1n) is 3.56. The summed E-state index contributed by atoms with van der Waals surface area (Å²) in [4.78, 5) is 10.3. The summed E-state index contributed by atoms with van der Waals surface area (Å²) in [5.74, 6) is -1.64. The topological polar surface area (TPSA) is 81.4 Å². The number of rotatable bonds is 6. The number of unbranched alkanes of at least 4 members (excludes halogenated alkanes) is 1. The Bertz CT molecular complexity index is 136. The maximum absolute atomic E-state index is 10.3. The van der Waals surface area contributed by atoms with Crippen molar-refractivity contribution >= 4 is 12.2 Å². The molecule has 0 aliphatic carbocycles. The lowest BCUT2D eigenvalue weighted by Crippen LogP contribution is -2.14. The summed E-state index contributed by atoms with van der Waals surface area (Å²) in [6.07, 6.45) is 2.64. The molecule has 0 aromatic heterocycles. The molecule has 0 aromatic carbocycles. The van der Waals surface area contributed by atoms with Crippen LogP contribution in [-0.2, 0) is 4.79 Å². The summed E-state index contributed by atoms with van der Waals surface area (Å²) in [5.41, 5.74) is 0. The predicted octanol–water partition coefficient (Wildman–Crippen LogP) is 0.499. The van der Waals surface area contributed by atoms with Gasteiger partial charge < -0.3 is 15.6 Å². The van der Waals surface area contributed by atoms with Gasteiger partial charge in [-0.25, -0.2) is 0 Å². The number of carbonyl (C=O) groups is 1. The Morgan fingerprint density at radius 2 is 2.18 bits per heavy atom. The van der Waals surface area contributed by atoms with Gasteiger partial charge >= 0.3 is 5.97 Å². The number of carboxylic acids is 1. The molecule has 0 bridgehead atoms. The maximum Gasteiger partial charge on any atom is 0.311 e. The molecular formula is C7H13NO3. The molecule has 11 heavy (non-hydrogen) atoms. The number of aliphatic carboxylic acids is 1. The van der Waals surface area contributed by atoms with Crippen LogP contribution in [0.3, 0.4) is 0 Å². The van der Waals surface area contributed by atoms with Crippen molar-refractivity contribution in [1.82, 2.24) is 0 Å². The fourth-order valence-electron chi connectivity index (χ4n) is 0.754. The molecule has 0 spiro atoms. The lowest BCUT2D eigenvalue weighted by Gasteiger charge is -2.03. The summed E-state index contributed by atoms with van der Waals surface area (Å²) < 4.78 is 0. The van der Waals surface area contributed by atoms with Crippen LogP contribution in [0.15, 0.2) is 0 Å². The van der Waals surface area contributed by atoms with E-state index in [1.165, 1.54) is 0 Å². The summed E-state index contributed by atoms with van der Waals surface area (Å²) in [5, 5.41) is 23.6. The second-order valence-corrected chi connectivity index (χ2v) is 2.33. The first-order valence-corrected chi connectivity index (χ1v) is 3.56. The van der Waals surface area contributed by atoms with E-state index < -0.39 is 11.9 Å². The zero-order chi connectivity index (χ0) is 8.69. The van der Waals surface area contributed by atoms with Crippen LogP contribution in [0.5, 0.6) is 0 Å². The van der Waals surface area contributed by atoms with E-state index >= 15 is 0 Å². The summed E-state index contributed by atoms with van der Waals surface area (Å²) >= 11 is 0. The van der Waals surface area contributed by atoms with Crippen LogP contribution < -0.4 is 0 Å². The van der Waals surface area contributed by atoms with Crippen LogP contribution >= 0.6 is 0 Å². The van der Waals surface area contributed by atoms with Crippen LogP contribution in [-0.4, -0.2) is 29.0 Å². The Balaban J connectivity index is 3.52. The Kier molecular flexibility index (Phi) is 5.37. The van der Waals surface area contributed by atoms with E-state index in [9.17, 15) is 4.79 Å². The first-order chi connectivity index (χ1) is 5.22. The monoisotopic (exact) mass is 159 g/mol. The van der Waals surface area contributed by atoms with Gasteiger partial charge in [-0.2, -0.15) is 0 Å².